The highest BCUT2D eigenvalue weighted by Crippen LogP contribution is 2.10. The molecule has 6 heteroatoms. The van der Waals surface area contributed by atoms with Gasteiger partial charge in [0.1, 0.15) is 0 Å². The van der Waals surface area contributed by atoms with Crippen molar-refractivity contribution in [2.45, 2.75) is 46.1 Å². The number of guanidine groups is 1. The third-order valence-electron chi connectivity index (χ3n) is 3.47. The number of rotatable bonds is 9. The molecular formula is C18H30N4O2. The summed E-state index contributed by atoms with van der Waals surface area (Å²) in [7, 11) is 1.34. The fourth-order valence-electron chi connectivity index (χ4n) is 2.13. The number of carbonyl (C=O) groups is 1. The lowest BCUT2D eigenvalue weighted by molar-refractivity contribution is 0.187. The average molecular weight is 334 g/mol. The van der Waals surface area contributed by atoms with E-state index >= 15 is 0 Å². The normalized spacial score (nSPS) is 11.0. The molecule has 0 aliphatic carbocycles. The fraction of sp³-hybridized carbons (Fsp3) is 0.556. The van der Waals surface area contributed by atoms with E-state index in [-0.39, 0.29) is 0 Å². The predicted molar refractivity (Wildman–Crippen MR) is 99.4 cm³/mol. The first-order valence-electron chi connectivity index (χ1n) is 8.65. The van der Waals surface area contributed by atoms with E-state index < -0.39 is 6.09 Å². The first-order valence-corrected chi connectivity index (χ1v) is 8.65. The first-order chi connectivity index (χ1) is 11.7. The van der Waals surface area contributed by atoms with Crippen molar-refractivity contribution in [3.8, 4) is 0 Å². The van der Waals surface area contributed by atoms with Gasteiger partial charge in [0.25, 0.3) is 0 Å². The number of amides is 1. The lowest BCUT2D eigenvalue weighted by atomic mass is 10.2. The van der Waals surface area contributed by atoms with Crippen molar-refractivity contribution in [2.75, 3.05) is 25.5 Å². The van der Waals surface area contributed by atoms with Gasteiger partial charge < -0.3 is 15.4 Å². The Labute approximate surface area is 145 Å². The van der Waals surface area contributed by atoms with Gasteiger partial charge in [-0.25, -0.2) is 9.79 Å². The van der Waals surface area contributed by atoms with E-state index in [2.05, 4.69) is 39.5 Å². The van der Waals surface area contributed by atoms with Crippen LogP contribution in [0.1, 0.15) is 45.1 Å². The van der Waals surface area contributed by atoms with Gasteiger partial charge >= 0.3 is 6.09 Å². The number of unbranched alkanes of at least 4 members (excludes halogenated alkanes) is 3. The summed E-state index contributed by atoms with van der Waals surface area (Å²) in [5.74, 6) is 0.839. The minimum absolute atomic E-state index is 0.470. The van der Waals surface area contributed by atoms with Gasteiger partial charge in [-0.3, -0.25) is 5.32 Å². The third kappa shape index (κ3) is 8.41. The molecule has 1 amide bonds. The van der Waals surface area contributed by atoms with Crippen LogP contribution in [-0.2, 0) is 11.3 Å². The second-order valence-electron chi connectivity index (χ2n) is 5.50. The molecule has 0 bridgehead atoms. The topological polar surface area (TPSA) is 74.8 Å². The molecule has 0 aromatic heterocycles. The van der Waals surface area contributed by atoms with E-state index in [4.69, 9.17) is 0 Å². The van der Waals surface area contributed by atoms with Gasteiger partial charge in [0, 0.05) is 18.8 Å². The van der Waals surface area contributed by atoms with Gasteiger partial charge in [-0.2, -0.15) is 0 Å². The summed E-state index contributed by atoms with van der Waals surface area (Å²) in [6.07, 6.45) is 4.46. The maximum absolute atomic E-state index is 11.1. The van der Waals surface area contributed by atoms with Crippen molar-refractivity contribution in [3.05, 3.63) is 29.8 Å². The molecular weight excluding hydrogens is 304 g/mol. The maximum atomic E-state index is 11.1. The number of ether oxygens (including phenoxy) is 1. The molecule has 0 fully saturated rings. The highest BCUT2D eigenvalue weighted by molar-refractivity contribution is 5.84. The quantitative estimate of drug-likeness (QED) is 0.367. The van der Waals surface area contributed by atoms with Crippen LogP contribution in [-0.4, -0.2) is 32.3 Å². The Balaban J connectivity index is 2.48. The summed E-state index contributed by atoms with van der Waals surface area (Å²) in [5, 5.41) is 9.24. The van der Waals surface area contributed by atoms with E-state index in [1.807, 2.05) is 24.3 Å². The Morgan fingerprint density at radius 2 is 1.83 bits per heavy atom. The van der Waals surface area contributed by atoms with Gasteiger partial charge in [-0.05, 0) is 31.0 Å². The fourth-order valence-corrected chi connectivity index (χ4v) is 2.13. The molecule has 0 aliphatic rings. The van der Waals surface area contributed by atoms with Crippen molar-refractivity contribution < 1.29 is 9.53 Å². The lowest BCUT2D eigenvalue weighted by Crippen LogP contribution is -2.37. The minimum atomic E-state index is -0.470. The molecule has 0 saturated carbocycles. The van der Waals surface area contributed by atoms with Crippen LogP contribution in [0.5, 0.6) is 0 Å². The van der Waals surface area contributed by atoms with Crippen molar-refractivity contribution in [2.24, 2.45) is 4.99 Å². The maximum Gasteiger partial charge on any atom is 0.411 e. The van der Waals surface area contributed by atoms with Crippen LogP contribution in [0.4, 0.5) is 10.5 Å². The Morgan fingerprint density at radius 3 is 2.46 bits per heavy atom. The lowest BCUT2D eigenvalue weighted by Gasteiger charge is -2.11. The minimum Gasteiger partial charge on any atom is -0.453 e. The highest BCUT2D eigenvalue weighted by atomic mass is 16.5. The summed E-state index contributed by atoms with van der Waals surface area (Å²) < 4.78 is 4.56. The van der Waals surface area contributed by atoms with E-state index in [0.29, 0.717) is 12.2 Å². The van der Waals surface area contributed by atoms with Gasteiger partial charge in [0.2, 0.25) is 0 Å². The van der Waals surface area contributed by atoms with Crippen molar-refractivity contribution in [1.82, 2.24) is 10.6 Å². The summed E-state index contributed by atoms with van der Waals surface area (Å²) in [6, 6.07) is 7.57. The number of aliphatic imine (C=N–C) groups is 1. The van der Waals surface area contributed by atoms with Crippen LogP contribution in [0.2, 0.25) is 0 Å². The number of anilines is 1. The van der Waals surface area contributed by atoms with Crippen LogP contribution in [0, 0.1) is 0 Å². The second kappa shape index (κ2) is 12.2. The van der Waals surface area contributed by atoms with Gasteiger partial charge in [-0.15, -0.1) is 0 Å². The molecule has 1 aromatic carbocycles. The molecule has 3 N–H and O–H groups in total. The van der Waals surface area contributed by atoms with E-state index in [1.165, 1.54) is 26.4 Å². The number of methoxy groups -OCH3 is 1. The van der Waals surface area contributed by atoms with Gasteiger partial charge in [-0.1, -0.05) is 38.3 Å². The van der Waals surface area contributed by atoms with Crippen LogP contribution in [0.15, 0.2) is 29.3 Å². The number of nitrogens with zero attached hydrogens (tertiary/aromatic N) is 1. The zero-order valence-corrected chi connectivity index (χ0v) is 15.0. The van der Waals surface area contributed by atoms with Crippen molar-refractivity contribution in [3.63, 3.8) is 0 Å². The molecule has 1 rings (SSSR count). The summed E-state index contributed by atoms with van der Waals surface area (Å²) >= 11 is 0. The van der Waals surface area contributed by atoms with E-state index in [9.17, 15) is 4.79 Å². The molecule has 24 heavy (non-hydrogen) atoms. The molecule has 1 aromatic rings. The number of nitrogens with one attached hydrogen (secondary N) is 3. The monoisotopic (exact) mass is 334 g/mol. The highest BCUT2D eigenvalue weighted by Gasteiger charge is 2.01. The largest absolute Gasteiger partial charge is 0.453 e. The smallest absolute Gasteiger partial charge is 0.411 e. The summed E-state index contributed by atoms with van der Waals surface area (Å²) in [5.41, 5.74) is 1.78. The zero-order valence-electron chi connectivity index (χ0n) is 15.0. The van der Waals surface area contributed by atoms with E-state index in [1.54, 1.807) is 0 Å². The molecule has 0 radical (unpaired) electrons. The number of carbonyl (C=O) groups excluding carboxylic acids is 1. The molecule has 0 unspecified atom stereocenters. The molecule has 0 saturated heterocycles. The van der Waals surface area contributed by atoms with Gasteiger partial charge in [0.05, 0.1) is 13.7 Å². The Bertz CT molecular complexity index is 500. The van der Waals surface area contributed by atoms with Gasteiger partial charge in [0.15, 0.2) is 5.96 Å². The molecule has 6 nitrogen and oxygen atoms in total. The Morgan fingerprint density at radius 1 is 1.08 bits per heavy atom. The average Bonchev–Trinajstić information content (AvgIpc) is 2.60. The Hall–Kier alpha value is -2.24. The zero-order chi connectivity index (χ0) is 17.6. The third-order valence-corrected chi connectivity index (χ3v) is 3.47. The Kier molecular flexibility index (Phi) is 10.1. The van der Waals surface area contributed by atoms with Crippen LogP contribution in [0.25, 0.3) is 0 Å². The van der Waals surface area contributed by atoms with E-state index in [0.717, 1.165) is 31.0 Å². The first kappa shape index (κ1) is 19.8. The molecule has 0 heterocycles. The molecule has 0 atom stereocenters. The second-order valence-corrected chi connectivity index (χ2v) is 5.50. The molecule has 0 aliphatic heterocycles. The summed E-state index contributed by atoms with van der Waals surface area (Å²) in [4.78, 5) is 15.7. The number of hydrogen-bond donors (Lipinski definition) is 3. The number of hydrogen-bond acceptors (Lipinski definition) is 3. The van der Waals surface area contributed by atoms with Crippen LogP contribution in [0.3, 0.4) is 0 Å². The molecule has 0 spiro atoms. The van der Waals surface area contributed by atoms with Crippen LogP contribution < -0.4 is 16.0 Å². The summed E-state index contributed by atoms with van der Waals surface area (Å²) in [6.45, 7) is 6.63. The standard InChI is InChI=1S/C18H30N4O2/c1-4-6-7-8-13-20-17(19-5-2)21-14-15-9-11-16(12-10-15)22-18(23)24-3/h9-12H,4-8,13-14H2,1-3H3,(H,22,23)(H2,19,20,21). The molecule has 134 valence electrons. The van der Waals surface area contributed by atoms with Crippen molar-refractivity contribution in [1.29, 1.82) is 0 Å². The SMILES string of the molecule is CCCCCCNC(=NCc1ccc(NC(=O)OC)cc1)NCC. The van der Waals surface area contributed by atoms with Crippen molar-refractivity contribution >= 4 is 17.7 Å². The predicted octanol–water partition coefficient (Wildman–Crippen LogP) is 3.50. The number of benzene rings is 1. The van der Waals surface area contributed by atoms with Crippen LogP contribution >= 0.6 is 0 Å².